The maximum absolute atomic E-state index is 11.7. The van der Waals surface area contributed by atoms with Crippen molar-refractivity contribution in [2.24, 2.45) is 0 Å². The minimum atomic E-state index is 0.0283. The zero-order chi connectivity index (χ0) is 13.7. The van der Waals surface area contributed by atoms with Gasteiger partial charge in [0.25, 0.3) is 0 Å². The van der Waals surface area contributed by atoms with Crippen molar-refractivity contribution in [2.75, 3.05) is 7.11 Å². The van der Waals surface area contributed by atoms with Crippen LogP contribution in [-0.2, 0) is 11.2 Å². The Labute approximate surface area is 110 Å². The van der Waals surface area contributed by atoms with E-state index >= 15 is 0 Å². The first kappa shape index (κ1) is 14.6. The summed E-state index contributed by atoms with van der Waals surface area (Å²) in [5.74, 6) is 1.28. The molecule has 1 aromatic carbocycles. The topological polar surface area (TPSA) is 38.3 Å². The fraction of sp³-hybridized carbons (Fsp3) is 0.533. The molecule has 0 aliphatic heterocycles. The Morgan fingerprint density at radius 2 is 1.94 bits per heavy atom. The Morgan fingerprint density at radius 1 is 1.28 bits per heavy atom. The van der Waals surface area contributed by atoms with Crippen molar-refractivity contribution in [3.63, 3.8) is 0 Å². The van der Waals surface area contributed by atoms with E-state index in [1.54, 1.807) is 7.11 Å². The lowest BCUT2D eigenvalue weighted by atomic mass is 9.99. The van der Waals surface area contributed by atoms with Gasteiger partial charge in [-0.05, 0) is 31.4 Å². The summed E-state index contributed by atoms with van der Waals surface area (Å²) in [7, 11) is 1.64. The summed E-state index contributed by atoms with van der Waals surface area (Å²) in [5.41, 5.74) is 2.15. The second kappa shape index (κ2) is 6.43. The SMILES string of the molecule is COc1cc(C(C)C)ccc1CC(=O)NC(C)C. The molecule has 1 amide bonds. The van der Waals surface area contributed by atoms with E-state index in [0.717, 1.165) is 11.3 Å². The summed E-state index contributed by atoms with van der Waals surface area (Å²) in [5, 5.41) is 2.89. The van der Waals surface area contributed by atoms with Crippen molar-refractivity contribution in [3.8, 4) is 5.75 Å². The van der Waals surface area contributed by atoms with Gasteiger partial charge in [-0.3, -0.25) is 4.79 Å². The molecule has 0 saturated carbocycles. The number of hydrogen-bond acceptors (Lipinski definition) is 2. The number of methoxy groups -OCH3 is 1. The average molecular weight is 249 g/mol. The molecule has 0 saturated heterocycles. The Hall–Kier alpha value is -1.51. The third kappa shape index (κ3) is 4.06. The summed E-state index contributed by atoms with van der Waals surface area (Å²) in [4.78, 5) is 11.7. The van der Waals surface area contributed by atoms with E-state index in [4.69, 9.17) is 4.74 Å². The van der Waals surface area contributed by atoms with Crippen LogP contribution < -0.4 is 10.1 Å². The molecule has 0 heterocycles. The van der Waals surface area contributed by atoms with E-state index < -0.39 is 0 Å². The third-order valence-electron chi connectivity index (χ3n) is 2.78. The van der Waals surface area contributed by atoms with Crippen LogP contribution in [0.25, 0.3) is 0 Å². The van der Waals surface area contributed by atoms with E-state index in [-0.39, 0.29) is 11.9 Å². The highest BCUT2D eigenvalue weighted by Gasteiger charge is 2.11. The minimum Gasteiger partial charge on any atom is -0.496 e. The molecule has 1 N–H and O–H groups in total. The lowest BCUT2D eigenvalue weighted by Gasteiger charge is -2.13. The van der Waals surface area contributed by atoms with Gasteiger partial charge in [0.1, 0.15) is 5.75 Å². The standard InChI is InChI=1S/C15H23NO2/c1-10(2)12-6-7-13(14(8-12)18-5)9-15(17)16-11(3)4/h6-8,10-11H,9H2,1-5H3,(H,16,17). The van der Waals surface area contributed by atoms with Crippen LogP contribution in [-0.4, -0.2) is 19.1 Å². The number of carbonyl (C=O) groups excluding carboxylic acids is 1. The quantitative estimate of drug-likeness (QED) is 0.871. The first-order valence-electron chi connectivity index (χ1n) is 6.40. The number of nitrogens with one attached hydrogen (secondary N) is 1. The summed E-state index contributed by atoms with van der Waals surface area (Å²) in [6, 6.07) is 6.22. The van der Waals surface area contributed by atoms with E-state index in [1.807, 2.05) is 26.0 Å². The monoisotopic (exact) mass is 249 g/mol. The molecule has 3 nitrogen and oxygen atoms in total. The molecule has 0 spiro atoms. The first-order valence-corrected chi connectivity index (χ1v) is 6.40. The maximum atomic E-state index is 11.7. The Morgan fingerprint density at radius 3 is 2.44 bits per heavy atom. The van der Waals surface area contributed by atoms with Gasteiger partial charge < -0.3 is 10.1 Å². The van der Waals surface area contributed by atoms with Crippen LogP contribution >= 0.6 is 0 Å². The van der Waals surface area contributed by atoms with Gasteiger partial charge in [0, 0.05) is 11.6 Å². The van der Waals surface area contributed by atoms with Gasteiger partial charge in [0.2, 0.25) is 5.91 Å². The molecule has 0 fully saturated rings. The van der Waals surface area contributed by atoms with Gasteiger partial charge in [-0.15, -0.1) is 0 Å². The van der Waals surface area contributed by atoms with Crippen molar-refractivity contribution in [2.45, 2.75) is 46.1 Å². The minimum absolute atomic E-state index is 0.0283. The highest BCUT2D eigenvalue weighted by molar-refractivity contribution is 5.79. The predicted molar refractivity (Wildman–Crippen MR) is 74.1 cm³/mol. The molecule has 0 atom stereocenters. The van der Waals surface area contributed by atoms with E-state index in [2.05, 4.69) is 25.2 Å². The molecule has 100 valence electrons. The van der Waals surface area contributed by atoms with Crippen LogP contribution in [0, 0.1) is 0 Å². The Kier molecular flexibility index (Phi) is 5.20. The highest BCUT2D eigenvalue weighted by Crippen LogP contribution is 2.25. The van der Waals surface area contributed by atoms with Gasteiger partial charge in [0.15, 0.2) is 0 Å². The average Bonchev–Trinajstić information content (AvgIpc) is 2.27. The summed E-state index contributed by atoms with van der Waals surface area (Å²) >= 11 is 0. The van der Waals surface area contributed by atoms with Crippen LogP contribution in [0.4, 0.5) is 0 Å². The molecule has 0 aliphatic rings. The van der Waals surface area contributed by atoms with Crippen LogP contribution in [0.1, 0.15) is 44.7 Å². The Bertz CT molecular complexity index is 411. The van der Waals surface area contributed by atoms with Gasteiger partial charge >= 0.3 is 0 Å². The molecule has 18 heavy (non-hydrogen) atoms. The van der Waals surface area contributed by atoms with Crippen LogP contribution in [0.5, 0.6) is 5.75 Å². The first-order chi connectivity index (χ1) is 8.43. The molecule has 0 bridgehead atoms. The fourth-order valence-corrected chi connectivity index (χ4v) is 1.81. The largest absolute Gasteiger partial charge is 0.496 e. The van der Waals surface area contributed by atoms with Crippen molar-refractivity contribution < 1.29 is 9.53 Å². The molecular formula is C15H23NO2. The predicted octanol–water partition coefficient (Wildman–Crippen LogP) is 2.89. The van der Waals surface area contributed by atoms with Crippen LogP contribution in [0.3, 0.4) is 0 Å². The molecule has 0 aliphatic carbocycles. The zero-order valence-corrected chi connectivity index (χ0v) is 11.9. The van der Waals surface area contributed by atoms with Gasteiger partial charge in [-0.1, -0.05) is 26.0 Å². The van der Waals surface area contributed by atoms with E-state index in [0.29, 0.717) is 12.3 Å². The fourth-order valence-electron chi connectivity index (χ4n) is 1.81. The third-order valence-corrected chi connectivity index (χ3v) is 2.78. The lowest BCUT2D eigenvalue weighted by molar-refractivity contribution is -0.120. The van der Waals surface area contributed by atoms with Crippen molar-refractivity contribution in [1.29, 1.82) is 0 Å². The molecular weight excluding hydrogens is 226 g/mol. The number of rotatable bonds is 5. The highest BCUT2D eigenvalue weighted by atomic mass is 16.5. The number of hydrogen-bond donors (Lipinski definition) is 1. The van der Waals surface area contributed by atoms with Crippen molar-refractivity contribution in [3.05, 3.63) is 29.3 Å². The number of benzene rings is 1. The second-order valence-electron chi connectivity index (χ2n) is 5.12. The zero-order valence-electron chi connectivity index (χ0n) is 11.9. The number of ether oxygens (including phenoxy) is 1. The molecule has 0 aromatic heterocycles. The maximum Gasteiger partial charge on any atom is 0.224 e. The molecule has 1 aromatic rings. The van der Waals surface area contributed by atoms with Gasteiger partial charge in [-0.2, -0.15) is 0 Å². The van der Waals surface area contributed by atoms with Gasteiger partial charge in [-0.25, -0.2) is 0 Å². The molecule has 1 rings (SSSR count). The van der Waals surface area contributed by atoms with Crippen molar-refractivity contribution in [1.82, 2.24) is 5.32 Å². The smallest absolute Gasteiger partial charge is 0.224 e. The van der Waals surface area contributed by atoms with Crippen LogP contribution in [0.2, 0.25) is 0 Å². The second-order valence-corrected chi connectivity index (χ2v) is 5.12. The summed E-state index contributed by atoms with van der Waals surface area (Å²) in [6.45, 7) is 8.19. The van der Waals surface area contributed by atoms with Crippen molar-refractivity contribution >= 4 is 5.91 Å². The Balaban J connectivity index is 2.86. The summed E-state index contributed by atoms with van der Waals surface area (Å²) < 4.78 is 5.36. The molecule has 3 heteroatoms. The van der Waals surface area contributed by atoms with E-state index in [9.17, 15) is 4.79 Å². The number of amides is 1. The summed E-state index contributed by atoms with van der Waals surface area (Å²) in [6.07, 6.45) is 0.361. The lowest BCUT2D eigenvalue weighted by Crippen LogP contribution is -2.31. The number of carbonyl (C=O) groups is 1. The van der Waals surface area contributed by atoms with Gasteiger partial charge in [0.05, 0.1) is 13.5 Å². The molecule has 0 unspecified atom stereocenters. The van der Waals surface area contributed by atoms with Crippen LogP contribution in [0.15, 0.2) is 18.2 Å². The molecule has 0 radical (unpaired) electrons. The van der Waals surface area contributed by atoms with E-state index in [1.165, 1.54) is 5.56 Å². The normalized spacial score (nSPS) is 10.8.